The predicted octanol–water partition coefficient (Wildman–Crippen LogP) is 3.29. The largest absolute Gasteiger partial charge is 0.478 e. The van der Waals surface area contributed by atoms with E-state index in [1.807, 2.05) is 0 Å². The summed E-state index contributed by atoms with van der Waals surface area (Å²) in [6, 6.07) is 12.3. The maximum atomic E-state index is 12.5. The highest BCUT2D eigenvalue weighted by molar-refractivity contribution is 6.03. The molecule has 0 fully saturated rings. The van der Waals surface area contributed by atoms with E-state index in [0.717, 1.165) is 6.07 Å². The molecule has 0 aliphatic heterocycles. The smallest absolute Gasteiger partial charge is 0.471 e. The minimum Gasteiger partial charge on any atom is -0.478 e. The van der Waals surface area contributed by atoms with Crippen molar-refractivity contribution in [2.75, 3.05) is 5.32 Å². The van der Waals surface area contributed by atoms with E-state index in [4.69, 9.17) is 5.11 Å². The quantitative estimate of drug-likeness (QED) is 0.829. The fourth-order valence-corrected chi connectivity index (χ4v) is 1.81. The third-order valence-electron chi connectivity index (χ3n) is 2.91. The van der Waals surface area contributed by atoms with Crippen LogP contribution in [0.5, 0.6) is 0 Å². The fourth-order valence-electron chi connectivity index (χ4n) is 1.81. The van der Waals surface area contributed by atoms with Crippen LogP contribution < -0.4 is 5.32 Å². The molecular weight excluding hydrogens is 323 g/mol. The number of rotatable bonds is 2. The average Bonchev–Trinajstić information content (AvgIpc) is 2.53. The molecule has 4 nitrogen and oxygen atoms in total. The summed E-state index contributed by atoms with van der Waals surface area (Å²) < 4.78 is 37.4. The predicted molar refractivity (Wildman–Crippen MR) is 80.5 cm³/mol. The molecule has 2 aromatic carbocycles. The summed E-state index contributed by atoms with van der Waals surface area (Å²) in [5, 5.41) is 10.7. The van der Waals surface area contributed by atoms with Gasteiger partial charge >= 0.3 is 18.1 Å². The number of amides is 1. The van der Waals surface area contributed by atoms with E-state index < -0.39 is 29.3 Å². The molecule has 0 aliphatic rings. The van der Waals surface area contributed by atoms with Crippen molar-refractivity contribution >= 4 is 17.6 Å². The molecule has 0 radical (unpaired) electrons. The molecule has 0 bridgehead atoms. The van der Waals surface area contributed by atoms with Gasteiger partial charge in [-0.3, -0.25) is 4.79 Å². The zero-order chi connectivity index (χ0) is 17.7. The summed E-state index contributed by atoms with van der Waals surface area (Å²) in [6.07, 6.45) is -5.14. The Bertz CT molecular complexity index is 834. The number of carboxylic acid groups (broad SMARTS) is 1. The van der Waals surface area contributed by atoms with E-state index >= 15 is 0 Å². The lowest BCUT2D eigenvalue weighted by molar-refractivity contribution is -0.167. The van der Waals surface area contributed by atoms with Crippen LogP contribution >= 0.6 is 0 Å². The Balaban J connectivity index is 2.48. The van der Waals surface area contributed by atoms with Crippen molar-refractivity contribution in [1.82, 2.24) is 0 Å². The van der Waals surface area contributed by atoms with Gasteiger partial charge in [-0.25, -0.2) is 4.79 Å². The molecule has 0 aromatic heterocycles. The van der Waals surface area contributed by atoms with Gasteiger partial charge in [0.15, 0.2) is 0 Å². The monoisotopic (exact) mass is 333 g/mol. The van der Waals surface area contributed by atoms with E-state index in [2.05, 4.69) is 11.8 Å². The number of nitrogens with one attached hydrogen (secondary N) is 1. The van der Waals surface area contributed by atoms with Gasteiger partial charge in [-0.05, 0) is 24.3 Å². The molecule has 1 amide bonds. The van der Waals surface area contributed by atoms with Crippen LogP contribution in [0.4, 0.5) is 18.9 Å². The van der Waals surface area contributed by atoms with Gasteiger partial charge in [0.2, 0.25) is 0 Å². The first-order valence-electron chi connectivity index (χ1n) is 6.60. The number of anilines is 1. The first kappa shape index (κ1) is 17.1. The molecule has 2 rings (SSSR count). The number of benzene rings is 2. The molecule has 2 N–H and O–H groups in total. The van der Waals surface area contributed by atoms with Gasteiger partial charge in [0.05, 0.1) is 11.3 Å². The molecule has 0 spiro atoms. The molecule has 122 valence electrons. The maximum Gasteiger partial charge on any atom is 0.471 e. The lowest BCUT2D eigenvalue weighted by Crippen LogP contribution is -2.31. The number of alkyl halides is 3. The number of halogens is 3. The van der Waals surface area contributed by atoms with E-state index in [1.165, 1.54) is 12.1 Å². The molecule has 0 heterocycles. The second kappa shape index (κ2) is 6.87. The zero-order valence-corrected chi connectivity index (χ0v) is 12.0. The highest BCUT2D eigenvalue weighted by Crippen LogP contribution is 2.24. The Hall–Kier alpha value is -3.27. The van der Waals surface area contributed by atoms with Crippen molar-refractivity contribution in [3.8, 4) is 11.8 Å². The Morgan fingerprint density at radius 3 is 2.21 bits per heavy atom. The number of carboxylic acids is 1. The van der Waals surface area contributed by atoms with Crippen LogP contribution in [-0.2, 0) is 4.79 Å². The second-order valence-electron chi connectivity index (χ2n) is 4.60. The first-order chi connectivity index (χ1) is 11.3. The number of hydrogen-bond donors (Lipinski definition) is 2. The fraction of sp³-hybridized carbons (Fsp3) is 0.0588. The molecule has 0 unspecified atom stereocenters. The van der Waals surface area contributed by atoms with Gasteiger partial charge in [-0.2, -0.15) is 13.2 Å². The number of carbonyl (C=O) groups excluding carboxylic acids is 1. The Morgan fingerprint density at radius 1 is 0.958 bits per heavy atom. The van der Waals surface area contributed by atoms with E-state index in [0.29, 0.717) is 5.56 Å². The summed E-state index contributed by atoms with van der Waals surface area (Å²) in [6.45, 7) is 0. The van der Waals surface area contributed by atoms with Crippen LogP contribution in [0.15, 0.2) is 48.5 Å². The molecule has 0 saturated heterocycles. The summed E-state index contributed by atoms with van der Waals surface area (Å²) in [5.74, 6) is 1.55. The highest BCUT2D eigenvalue weighted by atomic mass is 19.4. The standard InChI is InChI=1S/C17H10F3NO3/c18-17(19,20)16(24)21-14-12(7-4-8-13(14)15(22)23)10-9-11-5-2-1-3-6-11/h1-8H,(H,21,24)(H,22,23). The SMILES string of the molecule is O=C(O)c1cccc(C#Cc2ccccc2)c1NC(=O)C(F)(F)F. The molecule has 0 aliphatic carbocycles. The Morgan fingerprint density at radius 2 is 1.62 bits per heavy atom. The summed E-state index contributed by atoms with van der Waals surface area (Å²) in [7, 11) is 0. The van der Waals surface area contributed by atoms with Crippen LogP contribution in [0.3, 0.4) is 0 Å². The van der Waals surface area contributed by atoms with Gasteiger partial charge < -0.3 is 10.4 Å². The molecule has 24 heavy (non-hydrogen) atoms. The van der Waals surface area contributed by atoms with Gasteiger partial charge in [-0.1, -0.05) is 36.1 Å². The van der Waals surface area contributed by atoms with Crippen molar-refractivity contribution in [1.29, 1.82) is 0 Å². The number of carbonyl (C=O) groups is 2. The van der Waals surface area contributed by atoms with Crippen LogP contribution in [0.1, 0.15) is 21.5 Å². The molecule has 0 atom stereocenters. The minimum absolute atomic E-state index is 0.0312. The van der Waals surface area contributed by atoms with Gasteiger partial charge in [0.25, 0.3) is 0 Å². The van der Waals surface area contributed by atoms with Crippen molar-refractivity contribution in [3.05, 3.63) is 65.2 Å². The van der Waals surface area contributed by atoms with Crippen LogP contribution in [0.25, 0.3) is 0 Å². The van der Waals surface area contributed by atoms with E-state index in [9.17, 15) is 22.8 Å². The molecule has 2 aromatic rings. The Kier molecular flexibility index (Phi) is 4.90. The van der Waals surface area contributed by atoms with Crippen molar-refractivity contribution < 1.29 is 27.9 Å². The normalized spacial score (nSPS) is 10.5. The van der Waals surface area contributed by atoms with E-state index in [-0.39, 0.29) is 5.56 Å². The summed E-state index contributed by atoms with van der Waals surface area (Å²) >= 11 is 0. The van der Waals surface area contributed by atoms with Crippen molar-refractivity contribution in [2.45, 2.75) is 6.18 Å². The summed E-state index contributed by atoms with van der Waals surface area (Å²) in [5.41, 5.74) is -0.411. The Labute approximate surface area is 134 Å². The highest BCUT2D eigenvalue weighted by Gasteiger charge is 2.39. The van der Waals surface area contributed by atoms with Crippen LogP contribution in [0, 0.1) is 11.8 Å². The number of para-hydroxylation sites is 1. The second-order valence-corrected chi connectivity index (χ2v) is 4.60. The third kappa shape index (κ3) is 4.14. The molecule has 0 saturated carbocycles. The minimum atomic E-state index is -5.14. The van der Waals surface area contributed by atoms with Crippen molar-refractivity contribution in [3.63, 3.8) is 0 Å². The van der Waals surface area contributed by atoms with E-state index in [1.54, 1.807) is 35.6 Å². The van der Waals surface area contributed by atoms with Crippen LogP contribution in [0.2, 0.25) is 0 Å². The van der Waals surface area contributed by atoms with Gasteiger partial charge in [0, 0.05) is 11.1 Å². The maximum absolute atomic E-state index is 12.5. The molecule has 7 heteroatoms. The third-order valence-corrected chi connectivity index (χ3v) is 2.91. The number of aromatic carboxylic acids is 1. The lowest BCUT2D eigenvalue weighted by Gasteiger charge is -2.12. The zero-order valence-electron chi connectivity index (χ0n) is 12.0. The van der Waals surface area contributed by atoms with Crippen LogP contribution in [-0.4, -0.2) is 23.2 Å². The van der Waals surface area contributed by atoms with Gasteiger partial charge in [-0.15, -0.1) is 0 Å². The van der Waals surface area contributed by atoms with Gasteiger partial charge in [0.1, 0.15) is 0 Å². The number of hydrogen-bond acceptors (Lipinski definition) is 2. The lowest BCUT2D eigenvalue weighted by atomic mass is 10.1. The van der Waals surface area contributed by atoms with Crippen molar-refractivity contribution in [2.24, 2.45) is 0 Å². The first-order valence-corrected chi connectivity index (χ1v) is 6.60. The average molecular weight is 333 g/mol. The topological polar surface area (TPSA) is 66.4 Å². The molecular formula is C17H10F3NO3. The summed E-state index contributed by atoms with van der Waals surface area (Å²) in [4.78, 5) is 22.4.